The normalized spacial score (nSPS) is 11.7. The van der Waals surface area contributed by atoms with Crippen LogP contribution in [0.5, 0.6) is 5.75 Å². The van der Waals surface area contributed by atoms with Crippen molar-refractivity contribution in [2.24, 2.45) is 0 Å². The third-order valence-electron chi connectivity index (χ3n) is 4.21. The third-order valence-corrected chi connectivity index (χ3v) is 6.01. The zero-order valence-electron chi connectivity index (χ0n) is 15.6. The molecule has 0 bridgehead atoms. The molecule has 0 aliphatic rings. The van der Waals surface area contributed by atoms with Crippen molar-refractivity contribution in [3.05, 3.63) is 59.5 Å². The van der Waals surface area contributed by atoms with Crippen molar-refractivity contribution in [1.82, 2.24) is 14.4 Å². The molecule has 0 aliphatic heterocycles. The topological polar surface area (TPSA) is 85.5 Å². The summed E-state index contributed by atoms with van der Waals surface area (Å²) in [4.78, 5) is 4.48. The van der Waals surface area contributed by atoms with E-state index >= 15 is 0 Å². The Hall–Kier alpha value is -2.71. The molecule has 0 spiro atoms. The van der Waals surface area contributed by atoms with Crippen LogP contribution < -0.4 is 4.74 Å². The van der Waals surface area contributed by atoms with Gasteiger partial charge in [-0.15, -0.1) is 0 Å². The summed E-state index contributed by atoms with van der Waals surface area (Å²) >= 11 is 0. The van der Waals surface area contributed by atoms with E-state index in [1.165, 1.54) is 17.4 Å². The van der Waals surface area contributed by atoms with Crippen LogP contribution in [0.25, 0.3) is 11.4 Å². The van der Waals surface area contributed by atoms with E-state index in [2.05, 4.69) is 10.1 Å². The van der Waals surface area contributed by atoms with Gasteiger partial charge in [-0.3, -0.25) is 0 Å². The lowest BCUT2D eigenvalue weighted by molar-refractivity contribution is 0.336. The largest absolute Gasteiger partial charge is 0.496 e. The van der Waals surface area contributed by atoms with E-state index in [0.717, 1.165) is 16.7 Å². The fourth-order valence-corrected chi connectivity index (χ4v) is 3.81. The number of aryl methyl sites for hydroxylation is 2. The number of methoxy groups -OCH3 is 1. The molecule has 3 rings (SSSR count). The van der Waals surface area contributed by atoms with Crippen molar-refractivity contribution in [1.29, 1.82) is 0 Å². The molecule has 0 aliphatic carbocycles. The molecule has 3 aromatic rings. The number of nitrogens with zero attached hydrogens (tertiary/aromatic N) is 3. The highest BCUT2D eigenvalue weighted by molar-refractivity contribution is 7.89. The van der Waals surface area contributed by atoms with Gasteiger partial charge < -0.3 is 9.26 Å². The minimum absolute atomic E-state index is 0.0216. The maximum atomic E-state index is 12.8. The molecular weight excluding hydrogens is 366 g/mol. The molecule has 0 fully saturated rings. The highest BCUT2D eigenvalue weighted by Gasteiger charge is 2.24. The second-order valence-corrected chi connectivity index (χ2v) is 8.32. The quantitative estimate of drug-likeness (QED) is 0.646. The Kier molecular flexibility index (Phi) is 5.29. The van der Waals surface area contributed by atoms with Crippen LogP contribution >= 0.6 is 0 Å². The number of benzene rings is 2. The highest BCUT2D eigenvalue weighted by Crippen LogP contribution is 2.24. The smallest absolute Gasteiger partial charge is 0.243 e. The van der Waals surface area contributed by atoms with Gasteiger partial charge in [0.25, 0.3) is 0 Å². The molecule has 0 saturated heterocycles. The van der Waals surface area contributed by atoms with E-state index < -0.39 is 10.0 Å². The number of rotatable bonds is 6. The first kappa shape index (κ1) is 19.1. The van der Waals surface area contributed by atoms with E-state index in [1.54, 1.807) is 26.2 Å². The summed E-state index contributed by atoms with van der Waals surface area (Å²) in [5, 5.41) is 3.94. The lowest BCUT2D eigenvalue weighted by atomic mass is 10.1. The average molecular weight is 387 g/mol. The zero-order chi connectivity index (χ0) is 19.6. The van der Waals surface area contributed by atoms with Crippen LogP contribution in [-0.4, -0.2) is 37.0 Å². The highest BCUT2D eigenvalue weighted by atomic mass is 32.2. The fraction of sp³-hybridized carbons (Fsp3) is 0.263. The lowest BCUT2D eigenvalue weighted by Crippen LogP contribution is -2.26. The van der Waals surface area contributed by atoms with Gasteiger partial charge in [0.1, 0.15) is 5.75 Å². The summed E-state index contributed by atoms with van der Waals surface area (Å²) < 4.78 is 37.2. The van der Waals surface area contributed by atoms with Crippen molar-refractivity contribution in [3.8, 4) is 17.1 Å². The second-order valence-electron chi connectivity index (χ2n) is 6.27. The number of sulfonamides is 1. The molecule has 8 heteroatoms. The summed E-state index contributed by atoms with van der Waals surface area (Å²) in [6.45, 7) is 3.77. The van der Waals surface area contributed by atoms with Gasteiger partial charge >= 0.3 is 0 Å². The third kappa shape index (κ3) is 4.01. The van der Waals surface area contributed by atoms with Crippen molar-refractivity contribution in [2.45, 2.75) is 25.3 Å². The first-order valence-electron chi connectivity index (χ1n) is 8.32. The van der Waals surface area contributed by atoms with E-state index in [4.69, 9.17) is 9.26 Å². The van der Waals surface area contributed by atoms with Crippen molar-refractivity contribution < 1.29 is 17.7 Å². The van der Waals surface area contributed by atoms with Gasteiger partial charge in [-0.05, 0) is 37.6 Å². The van der Waals surface area contributed by atoms with Gasteiger partial charge in [-0.25, -0.2) is 8.42 Å². The number of hydrogen-bond donors (Lipinski definition) is 0. The van der Waals surface area contributed by atoms with E-state index in [9.17, 15) is 8.42 Å². The Balaban J connectivity index is 1.79. The van der Waals surface area contributed by atoms with Gasteiger partial charge in [0.15, 0.2) is 0 Å². The van der Waals surface area contributed by atoms with E-state index in [1.807, 2.05) is 31.2 Å². The van der Waals surface area contributed by atoms with Gasteiger partial charge in [0, 0.05) is 12.6 Å². The van der Waals surface area contributed by atoms with Crippen LogP contribution in [0.4, 0.5) is 0 Å². The molecule has 0 N–H and O–H groups in total. The Morgan fingerprint density at radius 2 is 1.81 bits per heavy atom. The first-order chi connectivity index (χ1) is 12.8. The van der Waals surface area contributed by atoms with Crippen molar-refractivity contribution >= 4 is 10.0 Å². The predicted octanol–water partition coefficient (Wildman–Crippen LogP) is 3.18. The van der Waals surface area contributed by atoms with Crippen LogP contribution in [0.3, 0.4) is 0 Å². The molecule has 1 heterocycles. The minimum Gasteiger partial charge on any atom is -0.496 e. The maximum absolute atomic E-state index is 12.8. The molecule has 0 atom stereocenters. The zero-order valence-corrected chi connectivity index (χ0v) is 16.4. The monoisotopic (exact) mass is 387 g/mol. The van der Waals surface area contributed by atoms with Crippen LogP contribution in [-0.2, 0) is 16.6 Å². The van der Waals surface area contributed by atoms with E-state index in [-0.39, 0.29) is 17.3 Å². The minimum atomic E-state index is -3.70. The molecule has 142 valence electrons. The molecular formula is C19H21N3O4S. The molecule has 0 unspecified atom stereocenters. The standard InChI is InChI=1S/C19H21N3O4S/c1-13-5-7-15(8-6-13)19-20-18(26-21-19)12-22(3)27(23,24)16-9-10-17(25-4)14(2)11-16/h5-11H,12H2,1-4H3. The van der Waals surface area contributed by atoms with Crippen molar-refractivity contribution in [3.63, 3.8) is 0 Å². The number of ether oxygens (including phenoxy) is 1. The van der Waals surface area contributed by atoms with Gasteiger partial charge in [-0.2, -0.15) is 9.29 Å². The molecule has 1 aromatic heterocycles. The second kappa shape index (κ2) is 7.50. The Bertz CT molecular complexity index is 1040. The lowest BCUT2D eigenvalue weighted by Gasteiger charge is -2.16. The summed E-state index contributed by atoms with van der Waals surface area (Å²) in [5.41, 5.74) is 2.68. The van der Waals surface area contributed by atoms with Gasteiger partial charge in [0.05, 0.1) is 18.6 Å². The van der Waals surface area contributed by atoms with Crippen LogP contribution in [0, 0.1) is 13.8 Å². The Labute approximate surface area is 158 Å². The van der Waals surface area contributed by atoms with Gasteiger partial charge in [-0.1, -0.05) is 35.0 Å². The molecule has 0 amide bonds. The fourth-order valence-electron chi connectivity index (χ4n) is 2.61. The molecule has 0 radical (unpaired) electrons. The summed E-state index contributed by atoms with van der Waals surface area (Å²) in [6, 6.07) is 12.4. The Morgan fingerprint density at radius 3 is 2.44 bits per heavy atom. The Morgan fingerprint density at radius 1 is 1.11 bits per heavy atom. The SMILES string of the molecule is COc1ccc(S(=O)(=O)N(C)Cc2nc(-c3ccc(C)cc3)no2)cc1C. The summed E-state index contributed by atoms with van der Waals surface area (Å²) in [7, 11) is -0.673. The molecule has 27 heavy (non-hydrogen) atoms. The molecule has 0 saturated carbocycles. The van der Waals surface area contributed by atoms with Crippen LogP contribution in [0.15, 0.2) is 51.9 Å². The van der Waals surface area contributed by atoms with E-state index in [0.29, 0.717) is 11.6 Å². The summed E-state index contributed by atoms with van der Waals surface area (Å²) in [6.07, 6.45) is 0. The first-order valence-corrected chi connectivity index (χ1v) is 9.76. The number of hydrogen-bond acceptors (Lipinski definition) is 6. The van der Waals surface area contributed by atoms with Gasteiger partial charge in [0.2, 0.25) is 21.7 Å². The van der Waals surface area contributed by atoms with Crippen LogP contribution in [0.1, 0.15) is 17.0 Å². The summed E-state index contributed by atoms with van der Waals surface area (Å²) in [5.74, 6) is 1.29. The van der Waals surface area contributed by atoms with Crippen LogP contribution in [0.2, 0.25) is 0 Å². The molecule has 2 aromatic carbocycles. The number of aromatic nitrogens is 2. The van der Waals surface area contributed by atoms with Crippen molar-refractivity contribution in [2.75, 3.05) is 14.2 Å². The maximum Gasteiger partial charge on any atom is 0.243 e. The average Bonchev–Trinajstić information content (AvgIpc) is 3.10. The molecule has 7 nitrogen and oxygen atoms in total. The predicted molar refractivity (Wildman–Crippen MR) is 101 cm³/mol.